The monoisotopic (exact) mass is 239 g/mol. The van der Waals surface area contributed by atoms with E-state index in [-0.39, 0.29) is 11.5 Å². The summed E-state index contributed by atoms with van der Waals surface area (Å²) in [6.45, 7) is 2.10. The molecule has 1 aromatic carbocycles. The third-order valence-electron chi connectivity index (χ3n) is 3.19. The molecule has 1 fully saturated rings. The molecule has 1 N–H and O–H groups in total. The molecule has 1 aromatic rings. The highest BCUT2D eigenvalue weighted by molar-refractivity contribution is 5.40. The van der Waals surface area contributed by atoms with Crippen molar-refractivity contribution in [1.82, 2.24) is 5.32 Å². The maximum absolute atomic E-state index is 13.7. The van der Waals surface area contributed by atoms with Crippen LogP contribution in [0, 0.1) is 11.7 Å². The fourth-order valence-corrected chi connectivity index (χ4v) is 2.26. The van der Waals surface area contributed by atoms with Crippen LogP contribution in [0.25, 0.3) is 0 Å². The van der Waals surface area contributed by atoms with Crippen molar-refractivity contribution in [3.8, 4) is 11.5 Å². The first-order valence-corrected chi connectivity index (χ1v) is 5.85. The minimum Gasteiger partial charge on any atom is -0.494 e. The van der Waals surface area contributed by atoms with Gasteiger partial charge in [0.05, 0.1) is 14.2 Å². The molecule has 1 unspecified atom stereocenters. The van der Waals surface area contributed by atoms with Gasteiger partial charge in [0.1, 0.15) is 0 Å². The van der Waals surface area contributed by atoms with E-state index >= 15 is 0 Å². The van der Waals surface area contributed by atoms with Crippen molar-refractivity contribution in [1.29, 1.82) is 0 Å². The molecule has 0 amide bonds. The largest absolute Gasteiger partial charge is 0.494 e. The summed E-state index contributed by atoms with van der Waals surface area (Å²) in [6, 6.07) is 3.52. The summed E-state index contributed by atoms with van der Waals surface area (Å²) < 4.78 is 23.7. The molecule has 0 aliphatic carbocycles. The Bertz CT molecular complexity index is 364. The van der Waals surface area contributed by atoms with Crippen molar-refractivity contribution in [2.45, 2.75) is 12.8 Å². The predicted octanol–water partition coefficient (Wildman–Crippen LogP) is 1.99. The van der Waals surface area contributed by atoms with Gasteiger partial charge in [-0.15, -0.1) is 0 Å². The van der Waals surface area contributed by atoms with Gasteiger partial charge in [-0.1, -0.05) is 0 Å². The van der Waals surface area contributed by atoms with E-state index in [1.165, 1.54) is 20.6 Å². The molecular formula is C13H18FNO2. The van der Waals surface area contributed by atoms with Crippen LogP contribution in [0.15, 0.2) is 12.1 Å². The van der Waals surface area contributed by atoms with E-state index in [0.29, 0.717) is 5.92 Å². The van der Waals surface area contributed by atoms with Crippen LogP contribution in [-0.4, -0.2) is 27.3 Å². The second-order valence-corrected chi connectivity index (χ2v) is 4.38. The van der Waals surface area contributed by atoms with Gasteiger partial charge >= 0.3 is 0 Å². The first kappa shape index (κ1) is 12.2. The van der Waals surface area contributed by atoms with Crippen LogP contribution in [0.3, 0.4) is 0 Å². The lowest BCUT2D eigenvalue weighted by Crippen LogP contribution is -2.11. The van der Waals surface area contributed by atoms with Crippen molar-refractivity contribution < 1.29 is 13.9 Å². The van der Waals surface area contributed by atoms with Crippen LogP contribution in [-0.2, 0) is 6.42 Å². The summed E-state index contributed by atoms with van der Waals surface area (Å²) in [4.78, 5) is 0. The summed E-state index contributed by atoms with van der Waals surface area (Å²) >= 11 is 0. The molecule has 3 nitrogen and oxygen atoms in total. The number of benzene rings is 1. The third-order valence-corrected chi connectivity index (χ3v) is 3.19. The minimum atomic E-state index is -0.428. The average molecular weight is 239 g/mol. The van der Waals surface area contributed by atoms with Gasteiger partial charge < -0.3 is 14.8 Å². The second-order valence-electron chi connectivity index (χ2n) is 4.38. The first-order chi connectivity index (χ1) is 8.24. The number of methoxy groups -OCH3 is 2. The Morgan fingerprint density at radius 1 is 1.29 bits per heavy atom. The Morgan fingerprint density at radius 2 is 1.94 bits per heavy atom. The summed E-state index contributed by atoms with van der Waals surface area (Å²) in [5.74, 6) is 0.703. The second kappa shape index (κ2) is 5.36. The number of halogens is 1. The van der Waals surface area contributed by atoms with Gasteiger partial charge in [0, 0.05) is 0 Å². The van der Waals surface area contributed by atoms with E-state index in [4.69, 9.17) is 9.47 Å². The van der Waals surface area contributed by atoms with Gasteiger partial charge in [-0.25, -0.2) is 0 Å². The van der Waals surface area contributed by atoms with Gasteiger partial charge in [0.15, 0.2) is 11.5 Å². The Kier molecular flexibility index (Phi) is 3.84. The van der Waals surface area contributed by atoms with E-state index in [2.05, 4.69) is 5.32 Å². The molecule has 0 saturated carbocycles. The van der Waals surface area contributed by atoms with Crippen LogP contribution in [0.5, 0.6) is 11.5 Å². The zero-order chi connectivity index (χ0) is 12.3. The number of rotatable bonds is 4. The number of ether oxygens (including phenoxy) is 2. The predicted molar refractivity (Wildman–Crippen MR) is 64.2 cm³/mol. The summed E-state index contributed by atoms with van der Waals surface area (Å²) in [5.41, 5.74) is 1.06. The van der Waals surface area contributed by atoms with E-state index in [1.807, 2.05) is 0 Å². The van der Waals surface area contributed by atoms with Gasteiger partial charge in [-0.3, -0.25) is 0 Å². The van der Waals surface area contributed by atoms with Crippen LogP contribution in [0.2, 0.25) is 0 Å². The highest BCUT2D eigenvalue weighted by Gasteiger charge is 2.18. The molecule has 17 heavy (non-hydrogen) atoms. The molecule has 1 aliphatic heterocycles. The number of nitrogens with one attached hydrogen (secondary N) is 1. The highest BCUT2D eigenvalue weighted by atomic mass is 19.1. The Balaban J connectivity index is 2.21. The molecular weight excluding hydrogens is 221 g/mol. The first-order valence-electron chi connectivity index (χ1n) is 5.85. The zero-order valence-electron chi connectivity index (χ0n) is 10.3. The van der Waals surface area contributed by atoms with Crippen molar-refractivity contribution in [2.75, 3.05) is 27.3 Å². The lowest BCUT2D eigenvalue weighted by Gasteiger charge is -2.12. The topological polar surface area (TPSA) is 30.5 Å². The Hall–Kier alpha value is -1.29. The minimum absolute atomic E-state index is 0.255. The molecule has 2 rings (SSSR count). The van der Waals surface area contributed by atoms with E-state index in [1.54, 1.807) is 12.1 Å². The van der Waals surface area contributed by atoms with Crippen LogP contribution < -0.4 is 14.8 Å². The lowest BCUT2D eigenvalue weighted by atomic mass is 9.98. The average Bonchev–Trinajstić information content (AvgIpc) is 2.84. The molecule has 1 heterocycles. The summed E-state index contributed by atoms with van der Waals surface area (Å²) in [5, 5.41) is 3.32. The molecule has 0 aromatic heterocycles. The van der Waals surface area contributed by atoms with Gasteiger partial charge in [-0.05, 0) is 49.5 Å². The molecule has 0 spiro atoms. The van der Waals surface area contributed by atoms with Gasteiger partial charge in [0.2, 0.25) is 5.82 Å². The third kappa shape index (κ3) is 2.69. The molecule has 1 saturated heterocycles. The summed E-state index contributed by atoms with van der Waals surface area (Å²) in [7, 11) is 2.94. The van der Waals surface area contributed by atoms with Crippen molar-refractivity contribution >= 4 is 0 Å². The van der Waals surface area contributed by atoms with Crippen LogP contribution >= 0.6 is 0 Å². The van der Waals surface area contributed by atoms with Crippen molar-refractivity contribution in [3.05, 3.63) is 23.5 Å². The number of hydrogen-bond acceptors (Lipinski definition) is 3. The van der Waals surface area contributed by atoms with Gasteiger partial charge in [-0.2, -0.15) is 4.39 Å². The highest BCUT2D eigenvalue weighted by Crippen LogP contribution is 2.30. The summed E-state index contributed by atoms with van der Waals surface area (Å²) in [6.07, 6.45) is 2.10. The maximum Gasteiger partial charge on any atom is 0.206 e. The van der Waals surface area contributed by atoms with E-state index in [9.17, 15) is 4.39 Å². The standard InChI is InChI=1S/C13H18FNO2/c1-16-11-6-10(5-9-3-4-15-8-9)7-12(17-2)13(11)14/h6-7,9,15H,3-5,8H2,1-2H3. The van der Waals surface area contributed by atoms with E-state index < -0.39 is 5.82 Å². The lowest BCUT2D eigenvalue weighted by molar-refractivity contribution is 0.349. The molecule has 4 heteroatoms. The number of hydrogen-bond donors (Lipinski definition) is 1. The Labute approximate surface area is 101 Å². The van der Waals surface area contributed by atoms with Crippen LogP contribution in [0.4, 0.5) is 4.39 Å². The van der Waals surface area contributed by atoms with Crippen molar-refractivity contribution in [3.63, 3.8) is 0 Å². The maximum atomic E-state index is 13.7. The molecule has 1 atom stereocenters. The fourth-order valence-electron chi connectivity index (χ4n) is 2.26. The smallest absolute Gasteiger partial charge is 0.206 e. The molecule has 0 bridgehead atoms. The fraction of sp³-hybridized carbons (Fsp3) is 0.538. The molecule has 94 valence electrons. The quantitative estimate of drug-likeness (QED) is 0.871. The molecule has 1 aliphatic rings. The zero-order valence-corrected chi connectivity index (χ0v) is 10.3. The normalized spacial score (nSPS) is 19.4. The van der Waals surface area contributed by atoms with Gasteiger partial charge in [0.25, 0.3) is 0 Å². The van der Waals surface area contributed by atoms with Crippen LogP contribution in [0.1, 0.15) is 12.0 Å². The molecule has 0 radical (unpaired) electrons. The van der Waals surface area contributed by atoms with Crippen molar-refractivity contribution in [2.24, 2.45) is 5.92 Å². The van der Waals surface area contributed by atoms with E-state index in [0.717, 1.165) is 25.1 Å². The SMILES string of the molecule is COc1cc(CC2CCNC2)cc(OC)c1F. The Morgan fingerprint density at radius 3 is 2.41 bits per heavy atom.